The van der Waals surface area contributed by atoms with Crippen molar-refractivity contribution in [2.75, 3.05) is 63.9 Å². The summed E-state index contributed by atoms with van der Waals surface area (Å²) in [5.41, 5.74) is 5.28. The van der Waals surface area contributed by atoms with Crippen molar-refractivity contribution in [2.24, 2.45) is 0 Å². The lowest BCUT2D eigenvalue weighted by atomic mass is 10.1. The van der Waals surface area contributed by atoms with Gasteiger partial charge in [0.05, 0.1) is 24.7 Å². The molecule has 2 aromatic heterocycles. The Morgan fingerprint density at radius 3 is 2.35 bits per heavy atom. The second-order valence-corrected chi connectivity index (χ2v) is 10.4. The van der Waals surface area contributed by atoms with Crippen molar-refractivity contribution >= 4 is 35.2 Å². The maximum absolute atomic E-state index is 11.7. The van der Waals surface area contributed by atoms with Gasteiger partial charge in [0.25, 0.3) is 0 Å². The molecule has 0 radical (unpaired) electrons. The van der Waals surface area contributed by atoms with Crippen LogP contribution < -0.4 is 20.4 Å². The number of amides is 1. The van der Waals surface area contributed by atoms with Gasteiger partial charge in [0.2, 0.25) is 11.8 Å². The molecule has 0 atom stereocenters. The monoisotopic (exact) mass is 586 g/mol. The highest BCUT2D eigenvalue weighted by Crippen LogP contribution is 2.30. The Morgan fingerprint density at radius 1 is 0.975 bits per heavy atom. The van der Waals surface area contributed by atoms with Crippen LogP contribution in [0.5, 0.6) is 11.6 Å². The predicted octanol–water partition coefficient (Wildman–Crippen LogP) is 3.83. The molecule has 11 nitrogen and oxygen atoms in total. The molecule has 2 saturated heterocycles. The lowest BCUT2D eigenvalue weighted by Gasteiger charge is -2.34. The zero-order valence-corrected chi connectivity index (χ0v) is 23.8. The van der Waals surface area contributed by atoms with E-state index in [9.17, 15) is 4.79 Å². The minimum absolute atomic E-state index is 0.338. The van der Waals surface area contributed by atoms with Crippen LogP contribution in [0.1, 0.15) is 12.5 Å². The SMILES string of the molecule is CCOC(=O)NN1CCN(Cc2cc(Oc3cnc(N4CCNCC4)nc3)nc(-c3cc(Cl)cc(Cl)c3)c2)CC1. The quantitative estimate of drug-likeness (QED) is 0.404. The van der Waals surface area contributed by atoms with Crippen molar-refractivity contribution in [3.8, 4) is 22.9 Å². The highest BCUT2D eigenvalue weighted by Gasteiger charge is 2.20. The Hall–Kier alpha value is -3.22. The Bertz CT molecular complexity index is 1280. The summed E-state index contributed by atoms with van der Waals surface area (Å²) in [6, 6.07) is 9.28. The van der Waals surface area contributed by atoms with Crippen molar-refractivity contribution in [1.29, 1.82) is 0 Å². The van der Waals surface area contributed by atoms with Crippen molar-refractivity contribution in [3.05, 3.63) is 58.3 Å². The molecule has 0 unspecified atom stereocenters. The zero-order chi connectivity index (χ0) is 27.9. The van der Waals surface area contributed by atoms with Gasteiger partial charge in [-0.1, -0.05) is 23.2 Å². The first kappa shape index (κ1) is 28.3. The molecule has 13 heteroatoms. The molecule has 1 aromatic carbocycles. The highest BCUT2D eigenvalue weighted by molar-refractivity contribution is 6.35. The van der Waals surface area contributed by atoms with E-state index in [-0.39, 0.29) is 0 Å². The topological polar surface area (TPSA) is 108 Å². The number of benzene rings is 1. The van der Waals surface area contributed by atoms with Crippen LogP contribution in [0, 0.1) is 0 Å². The number of carbonyl (C=O) groups is 1. The second kappa shape index (κ2) is 13.4. The number of nitrogens with one attached hydrogen (secondary N) is 2. The first-order chi connectivity index (χ1) is 19.4. The van der Waals surface area contributed by atoms with Crippen molar-refractivity contribution in [2.45, 2.75) is 13.5 Å². The molecule has 40 heavy (non-hydrogen) atoms. The summed E-state index contributed by atoms with van der Waals surface area (Å²) in [6.07, 6.45) is 2.91. The lowest BCUT2D eigenvalue weighted by Crippen LogP contribution is -2.53. The van der Waals surface area contributed by atoms with Gasteiger partial charge in [-0.15, -0.1) is 0 Å². The van der Waals surface area contributed by atoms with Crippen LogP contribution in [-0.4, -0.2) is 89.9 Å². The summed E-state index contributed by atoms with van der Waals surface area (Å²) in [4.78, 5) is 30.0. The molecule has 0 spiro atoms. The Morgan fingerprint density at radius 2 is 1.68 bits per heavy atom. The predicted molar refractivity (Wildman–Crippen MR) is 154 cm³/mol. The number of anilines is 1. The number of halogens is 2. The number of pyridine rings is 1. The lowest BCUT2D eigenvalue weighted by molar-refractivity contribution is 0.0683. The first-order valence-corrected chi connectivity index (χ1v) is 14.0. The Kier molecular flexibility index (Phi) is 9.50. The van der Waals surface area contributed by atoms with E-state index in [4.69, 9.17) is 37.7 Å². The third-order valence-corrected chi connectivity index (χ3v) is 7.00. The van der Waals surface area contributed by atoms with Gasteiger partial charge in [-0.25, -0.2) is 24.8 Å². The van der Waals surface area contributed by atoms with Crippen LogP contribution >= 0.6 is 23.2 Å². The van der Waals surface area contributed by atoms with E-state index in [1.165, 1.54) is 0 Å². The Labute approximate surface area is 243 Å². The standard InChI is InChI=1S/C27H32Cl2N8O3/c1-2-39-27(38)34-37-9-7-35(8-10-37)18-19-11-24(20-13-21(28)15-22(29)14-20)33-25(12-19)40-23-16-31-26(32-17-23)36-5-3-30-4-6-36/h11-17,30H,2-10,18H2,1H3,(H,34,38). The maximum atomic E-state index is 11.7. The molecule has 0 saturated carbocycles. The molecule has 5 rings (SSSR count). The van der Waals surface area contributed by atoms with Gasteiger partial charge in [-0.2, -0.15) is 0 Å². The summed E-state index contributed by atoms with van der Waals surface area (Å²) in [5.74, 6) is 1.60. The molecule has 2 fully saturated rings. The molecule has 2 aliphatic rings. The van der Waals surface area contributed by atoms with Gasteiger partial charge in [0.1, 0.15) is 0 Å². The van der Waals surface area contributed by atoms with Gasteiger partial charge >= 0.3 is 6.09 Å². The second-order valence-electron chi connectivity index (χ2n) is 9.51. The summed E-state index contributed by atoms with van der Waals surface area (Å²) in [5, 5.41) is 6.26. The number of piperazine rings is 2. The molecular formula is C27H32Cl2N8O3. The fourth-order valence-electron chi connectivity index (χ4n) is 4.63. The number of hydrazine groups is 1. The minimum Gasteiger partial charge on any atom is -0.449 e. The van der Waals surface area contributed by atoms with Crippen LogP contribution in [0.15, 0.2) is 42.7 Å². The third kappa shape index (κ3) is 7.70. The molecule has 4 heterocycles. The third-order valence-electron chi connectivity index (χ3n) is 6.56. The summed E-state index contributed by atoms with van der Waals surface area (Å²) in [6.45, 7) is 9.24. The molecule has 212 valence electrons. The number of hydrogen-bond donors (Lipinski definition) is 2. The fourth-order valence-corrected chi connectivity index (χ4v) is 5.16. The number of ether oxygens (including phenoxy) is 2. The van der Waals surface area contributed by atoms with E-state index >= 15 is 0 Å². The number of aromatic nitrogens is 3. The Balaban J connectivity index is 1.32. The zero-order valence-electron chi connectivity index (χ0n) is 22.3. The van der Waals surface area contributed by atoms with Crippen LogP contribution in [0.2, 0.25) is 10.0 Å². The molecule has 3 aromatic rings. The van der Waals surface area contributed by atoms with Crippen LogP contribution in [0.3, 0.4) is 0 Å². The molecule has 0 bridgehead atoms. The molecule has 1 amide bonds. The number of carbonyl (C=O) groups excluding carboxylic acids is 1. The van der Waals surface area contributed by atoms with E-state index in [2.05, 4.69) is 30.5 Å². The fraction of sp³-hybridized carbons (Fsp3) is 0.407. The summed E-state index contributed by atoms with van der Waals surface area (Å²) >= 11 is 12.6. The molecule has 0 aliphatic carbocycles. The van der Waals surface area contributed by atoms with Gasteiger partial charge in [0, 0.05) is 80.6 Å². The van der Waals surface area contributed by atoms with E-state index in [1.807, 2.05) is 29.3 Å². The summed E-state index contributed by atoms with van der Waals surface area (Å²) < 4.78 is 11.1. The van der Waals surface area contributed by atoms with Crippen molar-refractivity contribution < 1.29 is 14.3 Å². The highest BCUT2D eigenvalue weighted by atomic mass is 35.5. The molecular weight excluding hydrogens is 555 g/mol. The number of rotatable bonds is 8. The van der Waals surface area contributed by atoms with Crippen LogP contribution in [0.25, 0.3) is 11.3 Å². The van der Waals surface area contributed by atoms with Gasteiger partial charge in [0.15, 0.2) is 5.75 Å². The van der Waals surface area contributed by atoms with Crippen molar-refractivity contribution in [1.82, 2.24) is 35.6 Å². The number of hydrogen-bond acceptors (Lipinski definition) is 10. The smallest absolute Gasteiger partial charge is 0.421 e. The van der Waals surface area contributed by atoms with Crippen molar-refractivity contribution in [3.63, 3.8) is 0 Å². The average molecular weight is 588 g/mol. The largest absolute Gasteiger partial charge is 0.449 e. The molecule has 2 N–H and O–H groups in total. The minimum atomic E-state index is -0.429. The summed E-state index contributed by atoms with van der Waals surface area (Å²) in [7, 11) is 0. The normalized spacial score (nSPS) is 16.5. The number of nitrogens with zero attached hydrogens (tertiary/aromatic N) is 6. The van der Waals surface area contributed by atoms with E-state index in [0.29, 0.717) is 59.6 Å². The van der Waals surface area contributed by atoms with Crippen LogP contribution in [-0.2, 0) is 11.3 Å². The van der Waals surface area contributed by atoms with Gasteiger partial charge in [-0.3, -0.25) is 10.3 Å². The van der Waals surface area contributed by atoms with E-state index in [1.54, 1.807) is 25.4 Å². The molecule has 2 aliphatic heterocycles. The van der Waals surface area contributed by atoms with Crippen LogP contribution in [0.4, 0.5) is 10.7 Å². The van der Waals surface area contributed by atoms with Gasteiger partial charge < -0.3 is 19.7 Å². The van der Waals surface area contributed by atoms with E-state index in [0.717, 1.165) is 50.4 Å². The van der Waals surface area contributed by atoms with Gasteiger partial charge in [-0.05, 0) is 36.8 Å². The van der Waals surface area contributed by atoms with E-state index < -0.39 is 6.09 Å². The first-order valence-electron chi connectivity index (χ1n) is 13.3. The maximum Gasteiger partial charge on any atom is 0.421 e. The average Bonchev–Trinajstić information content (AvgIpc) is 2.94.